The summed E-state index contributed by atoms with van der Waals surface area (Å²) in [6.07, 6.45) is 2.88. The van der Waals surface area contributed by atoms with Gasteiger partial charge >= 0.3 is 5.69 Å². The van der Waals surface area contributed by atoms with Crippen molar-refractivity contribution in [2.45, 2.75) is 32.4 Å². The van der Waals surface area contributed by atoms with Gasteiger partial charge in [0.1, 0.15) is 0 Å². The smallest absolute Gasteiger partial charge is 0.339 e. The molecular weight excluding hydrogens is 320 g/mol. The van der Waals surface area contributed by atoms with E-state index < -0.39 is 0 Å². The molecule has 1 atom stereocenters. The molecule has 0 aliphatic carbocycles. The lowest BCUT2D eigenvalue weighted by Crippen LogP contribution is -2.24. The molecular formula is C14H19ClN6O2. The van der Waals surface area contributed by atoms with Gasteiger partial charge in [-0.25, -0.2) is 9.48 Å². The number of aryl methyl sites for hydroxylation is 2. The van der Waals surface area contributed by atoms with Crippen LogP contribution in [0, 0.1) is 0 Å². The zero-order valence-electron chi connectivity index (χ0n) is 13.0. The quantitative estimate of drug-likeness (QED) is 0.711. The van der Waals surface area contributed by atoms with Crippen molar-refractivity contribution in [1.82, 2.24) is 29.6 Å². The number of aromatic nitrogens is 5. The normalized spacial score (nSPS) is 12.3. The summed E-state index contributed by atoms with van der Waals surface area (Å²) in [6.45, 7) is 2.45. The summed E-state index contributed by atoms with van der Waals surface area (Å²) in [5.41, 5.74) is 0.459. The molecule has 23 heavy (non-hydrogen) atoms. The van der Waals surface area contributed by atoms with Gasteiger partial charge in [0.05, 0.1) is 6.54 Å². The zero-order valence-corrected chi connectivity index (χ0v) is 13.8. The Labute approximate surface area is 138 Å². The van der Waals surface area contributed by atoms with Crippen molar-refractivity contribution >= 4 is 18.1 Å². The van der Waals surface area contributed by atoms with Crippen LogP contribution in [-0.4, -0.2) is 37.4 Å². The van der Waals surface area contributed by atoms with Gasteiger partial charge in [-0.3, -0.25) is 4.40 Å². The van der Waals surface area contributed by atoms with Crippen molar-refractivity contribution in [2.24, 2.45) is 0 Å². The molecule has 0 bridgehead atoms. The first-order valence-electron chi connectivity index (χ1n) is 7.20. The molecule has 1 N–H and O–H groups in total. The fourth-order valence-corrected chi connectivity index (χ4v) is 2.17. The zero-order chi connectivity index (χ0) is 15.5. The Morgan fingerprint density at radius 1 is 1.39 bits per heavy atom. The first-order valence-corrected chi connectivity index (χ1v) is 7.20. The maximum atomic E-state index is 12.1. The highest BCUT2D eigenvalue weighted by Gasteiger charge is 2.11. The lowest BCUT2D eigenvalue weighted by Gasteiger charge is -2.04. The van der Waals surface area contributed by atoms with Gasteiger partial charge in [-0.15, -0.1) is 17.5 Å². The van der Waals surface area contributed by atoms with E-state index in [0.717, 1.165) is 0 Å². The summed E-state index contributed by atoms with van der Waals surface area (Å²) in [5.74, 6) is 1.18. The Morgan fingerprint density at radius 2 is 2.22 bits per heavy atom. The van der Waals surface area contributed by atoms with Crippen molar-refractivity contribution in [3.05, 3.63) is 46.6 Å². The van der Waals surface area contributed by atoms with E-state index in [1.54, 1.807) is 18.3 Å². The van der Waals surface area contributed by atoms with E-state index in [4.69, 9.17) is 4.52 Å². The predicted molar refractivity (Wildman–Crippen MR) is 86.9 cm³/mol. The van der Waals surface area contributed by atoms with Gasteiger partial charge in [-0.2, -0.15) is 4.98 Å². The van der Waals surface area contributed by atoms with E-state index >= 15 is 0 Å². The van der Waals surface area contributed by atoms with E-state index in [9.17, 15) is 4.79 Å². The van der Waals surface area contributed by atoms with E-state index in [1.165, 1.54) is 9.08 Å². The first-order chi connectivity index (χ1) is 10.7. The molecule has 0 saturated heterocycles. The molecule has 1 unspecified atom stereocenters. The molecule has 9 heteroatoms. The highest BCUT2D eigenvalue weighted by molar-refractivity contribution is 5.85. The molecule has 0 aliphatic rings. The molecule has 3 aromatic rings. The summed E-state index contributed by atoms with van der Waals surface area (Å²) in [4.78, 5) is 16.5. The fourth-order valence-electron chi connectivity index (χ4n) is 2.17. The second-order valence-corrected chi connectivity index (χ2v) is 5.18. The van der Waals surface area contributed by atoms with Gasteiger partial charge in [0.2, 0.25) is 5.89 Å². The van der Waals surface area contributed by atoms with Crippen LogP contribution in [0.2, 0.25) is 0 Å². The Morgan fingerprint density at radius 3 is 2.96 bits per heavy atom. The second-order valence-electron chi connectivity index (χ2n) is 5.18. The third-order valence-electron chi connectivity index (χ3n) is 3.52. The number of hydrogen-bond donors (Lipinski definition) is 1. The number of likely N-dealkylation sites (N-methyl/N-ethyl adjacent to an activating group) is 1. The highest BCUT2D eigenvalue weighted by atomic mass is 35.5. The number of rotatable bonds is 6. The monoisotopic (exact) mass is 338 g/mol. The summed E-state index contributed by atoms with van der Waals surface area (Å²) in [6, 6.07) is 5.72. The molecule has 0 aromatic carbocycles. The first kappa shape index (κ1) is 17.2. The van der Waals surface area contributed by atoms with Crippen LogP contribution in [0.25, 0.3) is 5.65 Å². The standard InChI is InChI=1S/C14H18N6O2.ClH/c1-10(15-2)9-11-16-13(22-18-11)6-8-20-14(21)19-7-4-3-5-12(19)17-20;/h3-5,7,10,15H,6,8-9H2,1-2H3;1H. The van der Waals surface area contributed by atoms with E-state index in [1.807, 2.05) is 20.0 Å². The SMILES string of the molecule is CNC(C)Cc1noc(CCn2nc3ccccn3c2=O)n1.Cl. The van der Waals surface area contributed by atoms with Gasteiger partial charge in [0, 0.05) is 25.1 Å². The van der Waals surface area contributed by atoms with Crippen LogP contribution in [0.3, 0.4) is 0 Å². The van der Waals surface area contributed by atoms with Gasteiger partial charge in [-0.1, -0.05) is 11.2 Å². The average Bonchev–Trinajstić information content (AvgIpc) is 3.10. The lowest BCUT2D eigenvalue weighted by atomic mass is 10.2. The number of fused-ring (bicyclic) bond motifs is 1. The molecule has 0 saturated carbocycles. The van der Waals surface area contributed by atoms with Crippen molar-refractivity contribution < 1.29 is 4.52 Å². The maximum Gasteiger partial charge on any atom is 0.350 e. The summed E-state index contributed by atoms with van der Waals surface area (Å²) in [5, 5.41) is 11.3. The molecule has 0 fully saturated rings. The van der Waals surface area contributed by atoms with Crippen molar-refractivity contribution in [3.8, 4) is 0 Å². The van der Waals surface area contributed by atoms with Crippen molar-refractivity contribution in [2.75, 3.05) is 7.05 Å². The Kier molecular flexibility index (Phi) is 5.51. The number of hydrogen-bond acceptors (Lipinski definition) is 6. The van der Waals surface area contributed by atoms with Gasteiger partial charge < -0.3 is 9.84 Å². The van der Waals surface area contributed by atoms with Crippen LogP contribution in [0.1, 0.15) is 18.6 Å². The Balaban J connectivity index is 0.00000192. The third kappa shape index (κ3) is 3.77. The van der Waals surface area contributed by atoms with E-state index in [2.05, 4.69) is 20.6 Å². The van der Waals surface area contributed by atoms with Gasteiger partial charge in [0.25, 0.3) is 0 Å². The molecule has 0 spiro atoms. The van der Waals surface area contributed by atoms with Crippen LogP contribution in [-0.2, 0) is 19.4 Å². The molecule has 0 amide bonds. The Bertz CT molecular complexity index is 824. The Hall–Kier alpha value is -2.19. The fraction of sp³-hybridized carbons (Fsp3) is 0.429. The minimum Gasteiger partial charge on any atom is -0.339 e. The largest absolute Gasteiger partial charge is 0.350 e. The molecule has 3 heterocycles. The number of halogens is 1. The molecule has 8 nitrogen and oxygen atoms in total. The summed E-state index contributed by atoms with van der Waals surface area (Å²) >= 11 is 0. The van der Waals surface area contributed by atoms with Crippen LogP contribution in [0.15, 0.2) is 33.7 Å². The average molecular weight is 339 g/mol. The molecule has 3 aromatic heterocycles. The summed E-state index contributed by atoms with van der Waals surface area (Å²) < 4.78 is 8.13. The highest BCUT2D eigenvalue weighted by Crippen LogP contribution is 2.03. The van der Waals surface area contributed by atoms with Crippen LogP contribution in [0.5, 0.6) is 0 Å². The molecule has 3 rings (SSSR count). The molecule has 124 valence electrons. The predicted octanol–water partition coefficient (Wildman–Crippen LogP) is 0.694. The van der Waals surface area contributed by atoms with Crippen molar-refractivity contribution in [3.63, 3.8) is 0 Å². The number of nitrogens with zero attached hydrogens (tertiary/aromatic N) is 5. The molecule has 0 radical (unpaired) electrons. The minimum absolute atomic E-state index is 0. The lowest BCUT2D eigenvalue weighted by molar-refractivity contribution is 0.362. The number of pyridine rings is 1. The maximum absolute atomic E-state index is 12.1. The van der Waals surface area contributed by atoms with Gasteiger partial charge in [0.15, 0.2) is 11.5 Å². The van der Waals surface area contributed by atoms with Crippen LogP contribution >= 0.6 is 12.4 Å². The van der Waals surface area contributed by atoms with Gasteiger partial charge in [-0.05, 0) is 26.1 Å². The van der Waals surface area contributed by atoms with Crippen molar-refractivity contribution in [1.29, 1.82) is 0 Å². The second kappa shape index (κ2) is 7.38. The van der Waals surface area contributed by atoms with Crippen LogP contribution in [0.4, 0.5) is 0 Å². The summed E-state index contributed by atoms with van der Waals surface area (Å²) in [7, 11) is 1.89. The molecule has 0 aliphatic heterocycles. The topological polar surface area (TPSA) is 90.3 Å². The van der Waals surface area contributed by atoms with E-state index in [0.29, 0.717) is 36.7 Å². The van der Waals surface area contributed by atoms with Crippen LogP contribution < -0.4 is 11.0 Å². The van der Waals surface area contributed by atoms with E-state index in [-0.39, 0.29) is 24.1 Å². The number of nitrogens with one attached hydrogen (secondary N) is 1. The third-order valence-corrected chi connectivity index (χ3v) is 3.52. The minimum atomic E-state index is -0.167.